The first-order valence-corrected chi connectivity index (χ1v) is 24.6. The molecule has 0 radical (unpaired) electrons. The van der Waals surface area contributed by atoms with Crippen LogP contribution in [0.25, 0.3) is 0 Å². The predicted octanol–water partition coefficient (Wildman–Crippen LogP) is 10.7. The fraction of sp³-hybridized carbons (Fsp3) is 0.712. The number of fused-ring (bicyclic) bond motifs is 3. The molecule has 4 aliphatic carbocycles. The molecule has 9 heteroatoms. The summed E-state index contributed by atoms with van der Waals surface area (Å²) in [6.45, 7) is 28.4. The molecule has 7 rings (SSSR count). The van der Waals surface area contributed by atoms with Crippen LogP contribution in [-0.2, 0) is 40.4 Å². The number of hydrogen-bond acceptors (Lipinski definition) is 7. The highest BCUT2D eigenvalue weighted by Gasteiger charge is 2.72. The number of benzene rings is 2. The molecule has 1 heterocycles. The van der Waals surface area contributed by atoms with Crippen LogP contribution in [0.5, 0.6) is 0 Å². The van der Waals surface area contributed by atoms with E-state index >= 15 is 0 Å². The molecule has 2 aromatic carbocycles. The molecule has 4 fully saturated rings. The van der Waals surface area contributed by atoms with Gasteiger partial charge in [0, 0.05) is 17.9 Å². The smallest absolute Gasteiger partial charge is 0.310 e. The third-order valence-corrected chi connectivity index (χ3v) is 20.1. The Kier molecular flexibility index (Phi) is 12.3. The van der Waals surface area contributed by atoms with Crippen molar-refractivity contribution in [1.29, 1.82) is 0 Å². The zero-order chi connectivity index (χ0) is 44.6. The number of rotatable bonds is 12. The zero-order valence-corrected chi connectivity index (χ0v) is 40.5. The van der Waals surface area contributed by atoms with Crippen molar-refractivity contribution < 1.29 is 32.2 Å². The first kappa shape index (κ1) is 46.4. The lowest BCUT2D eigenvalue weighted by molar-refractivity contribution is -0.270. The third kappa shape index (κ3) is 7.50. The lowest BCUT2D eigenvalue weighted by Gasteiger charge is -2.71. The second kappa shape index (κ2) is 16.2. The Morgan fingerprint density at radius 1 is 0.918 bits per heavy atom. The summed E-state index contributed by atoms with van der Waals surface area (Å²) >= 11 is 0. The largest absolute Gasteiger partial charge is 0.461 e. The van der Waals surface area contributed by atoms with E-state index in [1.54, 1.807) is 19.2 Å². The van der Waals surface area contributed by atoms with Gasteiger partial charge in [-0.25, -0.2) is 13.1 Å². The van der Waals surface area contributed by atoms with E-state index in [-0.39, 0.29) is 69.3 Å². The van der Waals surface area contributed by atoms with Crippen LogP contribution >= 0.6 is 0 Å². The highest BCUT2D eigenvalue weighted by molar-refractivity contribution is 7.89. The Bertz CT molecular complexity index is 2060. The van der Waals surface area contributed by atoms with E-state index in [0.717, 1.165) is 49.7 Å². The number of esters is 1. The highest BCUT2D eigenvalue weighted by Crippen LogP contribution is 2.75. The van der Waals surface area contributed by atoms with Gasteiger partial charge in [0.2, 0.25) is 10.0 Å². The third-order valence-electron chi connectivity index (χ3n) is 18.5. The van der Waals surface area contributed by atoms with Gasteiger partial charge in [0.05, 0.1) is 48.4 Å². The normalized spacial score (nSPS) is 37.7. The van der Waals surface area contributed by atoms with Crippen molar-refractivity contribution in [2.45, 2.75) is 151 Å². The molecule has 1 aliphatic heterocycles. The van der Waals surface area contributed by atoms with Gasteiger partial charge in [0.1, 0.15) is 6.61 Å². The average molecular weight is 860 g/mol. The van der Waals surface area contributed by atoms with Crippen molar-refractivity contribution in [3.63, 3.8) is 0 Å². The average Bonchev–Trinajstić information content (AvgIpc) is 3.19. The number of nitrogens with one attached hydrogen (secondary N) is 1. The number of ether oxygens (including phenoxy) is 4. The van der Waals surface area contributed by atoms with E-state index in [0.29, 0.717) is 36.9 Å². The molecule has 1 N–H and O–H groups in total. The number of aryl methyl sites for hydroxylation is 1. The second-order valence-electron chi connectivity index (χ2n) is 22.8. The molecule has 8 nitrogen and oxygen atoms in total. The molecule has 338 valence electrons. The molecule has 1 saturated heterocycles. The monoisotopic (exact) mass is 860 g/mol. The van der Waals surface area contributed by atoms with Gasteiger partial charge < -0.3 is 18.9 Å². The summed E-state index contributed by atoms with van der Waals surface area (Å²) in [6, 6.07) is 17.1. The van der Waals surface area contributed by atoms with Gasteiger partial charge in [-0.15, -0.1) is 0 Å². The Hall–Kier alpha value is -2.56. The fourth-order valence-corrected chi connectivity index (χ4v) is 15.2. The second-order valence-corrected chi connectivity index (χ2v) is 24.5. The summed E-state index contributed by atoms with van der Waals surface area (Å²) in [4.78, 5) is 15.1. The van der Waals surface area contributed by atoms with E-state index in [2.05, 4.69) is 80.0 Å². The van der Waals surface area contributed by atoms with Gasteiger partial charge >= 0.3 is 5.97 Å². The van der Waals surface area contributed by atoms with E-state index in [1.807, 2.05) is 56.3 Å². The van der Waals surface area contributed by atoms with Gasteiger partial charge in [-0.2, -0.15) is 0 Å². The van der Waals surface area contributed by atoms with Crippen molar-refractivity contribution in [1.82, 2.24) is 4.72 Å². The maximum atomic E-state index is 14.9. The molecular formula is C52H77NO7S. The summed E-state index contributed by atoms with van der Waals surface area (Å²) in [5.41, 5.74) is 0.877. The number of methoxy groups -OCH3 is 1. The number of carbonyl (C=O) groups is 1. The van der Waals surface area contributed by atoms with Crippen LogP contribution < -0.4 is 4.72 Å². The quantitative estimate of drug-likeness (QED) is 0.168. The van der Waals surface area contributed by atoms with E-state index in [9.17, 15) is 13.2 Å². The lowest BCUT2D eigenvalue weighted by Crippen LogP contribution is -2.70. The molecule has 12 atom stereocenters. The molecular weight excluding hydrogens is 783 g/mol. The zero-order valence-electron chi connectivity index (χ0n) is 39.7. The Balaban J connectivity index is 1.21. The number of hydrogen-bond donors (Lipinski definition) is 1. The van der Waals surface area contributed by atoms with Gasteiger partial charge in [0.25, 0.3) is 0 Å². The van der Waals surface area contributed by atoms with Gasteiger partial charge in [-0.1, -0.05) is 129 Å². The molecule has 2 bridgehead atoms. The van der Waals surface area contributed by atoms with Crippen molar-refractivity contribution in [2.24, 2.45) is 62.1 Å². The minimum Gasteiger partial charge on any atom is -0.461 e. The van der Waals surface area contributed by atoms with Crippen LogP contribution in [0.15, 0.2) is 71.1 Å². The Labute approximate surface area is 368 Å². The van der Waals surface area contributed by atoms with Crippen molar-refractivity contribution in [3.05, 3.63) is 77.4 Å². The van der Waals surface area contributed by atoms with Crippen LogP contribution in [-0.4, -0.2) is 59.1 Å². The fourth-order valence-electron chi connectivity index (χ4n) is 13.6. The van der Waals surface area contributed by atoms with Gasteiger partial charge in [-0.3, -0.25) is 4.79 Å². The SMILES string of the molecule is CO[C@@H]1C[C@@]23COC[C@](C)([C@@H]2CC[C@H]2C3=CC[C@@]3(C)[C@H](C(=O)OCc4ccccc4)[C@@](C)([C@H](C)C(C)C)CC[C@]23C)[C@H]1OC[C@](C)(NS(=O)(=O)c1ccc(C)cc1)C(C)(C)C. The summed E-state index contributed by atoms with van der Waals surface area (Å²) < 4.78 is 57.6. The van der Waals surface area contributed by atoms with Gasteiger partial charge in [0.15, 0.2) is 0 Å². The van der Waals surface area contributed by atoms with Crippen molar-refractivity contribution >= 4 is 16.0 Å². The summed E-state index contributed by atoms with van der Waals surface area (Å²) in [5, 5.41) is 0. The minimum atomic E-state index is -3.84. The van der Waals surface area contributed by atoms with Crippen LogP contribution in [0.1, 0.15) is 126 Å². The topological polar surface area (TPSA) is 100 Å². The molecule has 0 aromatic heterocycles. The highest BCUT2D eigenvalue weighted by atomic mass is 32.2. The van der Waals surface area contributed by atoms with E-state index in [4.69, 9.17) is 18.9 Å². The first-order valence-electron chi connectivity index (χ1n) is 23.2. The van der Waals surface area contributed by atoms with Crippen molar-refractivity contribution in [2.75, 3.05) is 26.9 Å². The molecule has 2 aromatic rings. The molecule has 3 saturated carbocycles. The Morgan fingerprint density at radius 2 is 1.59 bits per heavy atom. The molecule has 0 spiro atoms. The van der Waals surface area contributed by atoms with Crippen LogP contribution in [0.3, 0.4) is 0 Å². The van der Waals surface area contributed by atoms with Crippen molar-refractivity contribution in [3.8, 4) is 0 Å². The van der Waals surface area contributed by atoms with E-state index < -0.39 is 21.0 Å². The summed E-state index contributed by atoms with van der Waals surface area (Å²) in [6.07, 6.45) is 7.74. The maximum absolute atomic E-state index is 14.9. The molecule has 5 aliphatic rings. The molecule has 0 amide bonds. The number of sulfonamides is 1. The summed E-state index contributed by atoms with van der Waals surface area (Å²) in [7, 11) is -2.04. The number of allylic oxidation sites excluding steroid dienone is 1. The van der Waals surface area contributed by atoms with Crippen LogP contribution in [0.2, 0.25) is 0 Å². The number of carbonyl (C=O) groups excluding carboxylic acids is 1. The van der Waals surface area contributed by atoms with Crippen LogP contribution in [0.4, 0.5) is 0 Å². The van der Waals surface area contributed by atoms with Gasteiger partial charge in [-0.05, 0) is 115 Å². The minimum absolute atomic E-state index is 0.0509. The maximum Gasteiger partial charge on any atom is 0.310 e. The predicted molar refractivity (Wildman–Crippen MR) is 242 cm³/mol. The lowest BCUT2D eigenvalue weighted by atomic mass is 9.34. The standard InChI is InChI=1S/C52H77NO7S/c1-34(2)36(4)47(8)27-28-49(10)39-23-24-42-48(9)31-58-33-52(42,40(39)25-26-50(49,11)43(47)45(54)59-30-37-17-15-14-16-18-37)29-41(57-13)44(48)60-32-51(12,46(5,6)7)53-61(55,56)38-21-19-35(3)20-22-38/h14-22,25,34,36,39,41-44,53H,23-24,26-33H2,1-13H3/t36-,39+,41-,42+,43-,44+,47-,48-,49-,50+,51+,52+/m1/s1. The summed E-state index contributed by atoms with van der Waals surface area (Å²) in [5.74, 6) is 1.06. The molecule has 61 heavy (non-hydrogen) atoms. The van der Waals surface area contributed by atoms with Crippen LogP contribution in [0, 0.1) is 69.0 Å². The Morgan fingerprint density at radius 3 is 2.21 bits per heavy atom. The first-order chi connectivity index (χ1) is 28.4. The molecule has 0 unspecified atom stereocenters. The van der Waals surface area contributed by atoms with E-state index in [1.165, 1.54) is 5.57 Å².